The van der Waals surface area contributed by atoms with Crippen molar-refractivity contribution in [3.8, 4) is 6.07 Å². The Morgan fingerprint density at radius 1 is 1.00 bits per heavy atom. The minimum atomic E-state index is 0.0544. The second-order valence-corrected chi connectivity index (χ2v) is 5.90. The molecule has 1 aromatic carbocycles. The zero-order valence-corrected chi connectivity index (χ0v) is 12.3. The maximum absolute atomic E-state index is 12.7. The van der Waals surface area contributed by atoms with Crippen molar-refractivity contribution in [1.82, 2.24) is 4.90 Å². The van der Waals surface area contributed by atoms with Gasteiger partial charge in [-0.2, -0.15) is 5.26 Å². The molecule has 2 fully saturated rings. The van der Waals surface area contributed by atoms with Gasteiger partial charge in [-0.15, -0.1) is 0 Å². The highest BCUT2D eigenvalue weighted by Gasteiger charge is 2.36. The van der Waals surface area contributed by atoms with Crippen molar-refractivity contribution in [2.75, 3.05) is 24.5 Å². The van der Waals surface area contributed by atoms with Gasteiger partial charge in [-0.25, -0.2) is 0 Å². The van der Waals surface area contributed by atoms with Gasteiger partial charge in [-0.3, -0.25) is 9.69 Å². The standard InChI is InChI=1S/C17H21N3O/c18-13-14-5-7-15(8-6-14)20-12-9-16(17(20)21)19-10-3-1-2-4-11-19/h5-8,16H,1-4,9-12H2. The molecular weight excluding hydrogens is 262 g/mol. The molecule has 0 N–H and O–H groups in total. The highest BCUT2D eigenvalue weighted by atomic mass is 16.2. The molecular formula is C17H21N3O. The van der Waals surface area contributed by atoms with Gasteiger partial charge < -0.3 is 4.90 Å². The summed E-state index contributed by atoms with van der Waals surface area (Å²) in [6.07, 6.45) is 5.91. The molecule has 1 amide bonds. The molecule has 4 nitrogen and oxygen atoms in total. The Labute approximate surface area is 126 Å². The minimum Gasteiger partial charge on any atom is -0.311 e. The van der Waals surface area contributed by atoms with Crippen LogP contribution in [0, 0.1) is 11.3 Å². The first kappa shape index (κ1) is 14.1. The van der Waals surface area contributed by atoms with E-state index >= 15 is 0 Å². The van der Waals surface area contributed by atoms with Gasteiger partial charge in [0.05, 0.1) is 17.7 Å². The average Bonchev–Trinajstić information content (AvgIpc) is 2.74. The number of hydrogen-bond donors (Lipinski definition) is 0. The summed E-state index contributed by atoms with van der Waals surface area (Å²) in [6, 6.07) is 9.48. The lowest BCUT2D eigenvalue weighted by molar-refractivity contribution is -0.121. The third-order valence-electron chi connectivity index (χ3n) is 4.57. The third kappa shape index (κ3) is 2.93. The Morgan fingerprint density at radius 2 is 1.67 bits per heavy atom. The Hall–Kier alpha value is -1.86. The van der Waals surface area contributed by atoms with E-state index in [0.717, 1.165) is 31.7 Å². The molecule has 1 aromatic rings. The van der Waals surface area contributed by atoms with Crippen LogP contribution in [0.25, 0.3) is 0 Å². The number of hydrogen-bond acceptors (Lipinski definition) is 3. The van der Waals surface area contributed by atoms with Crippen LogP contribution in [-0.4, -0.2) is 36.5 Å². The van der Waals surface area contributed by atoms with Crippen molar-refractivity contribution in [2.24, 2.45) is 0 Å². The van der Waals surface area contributed by atoms with Crippen molar-refractivity contribution >= 4 is 11.6 Å². The van der Waals surface area contributed by atoms with Crippen LogP contribution in [0.3, 0.4) is 0 Å². The lowest BCUT2D eigenvalue weighted by Crippen LogP contribution is -2.42. The Morgan fingerprint density at radius 3 is 2.29 bits per heavy atom. The van der Waals surface area contributed by atoms with Gasteiger partial charge in [0.15, 0.2) is 0 Å². The molecule has 4 heteroatoms. The smallest absolute Gasteiger partial charge is 0.244 e. The number of amides is 1. The molecule has 0 spiro atoms. The average molecular weight is 283 g/mol. The number of carbonyl (C=O) groups excluding carboxylic acids is 1. The number of benzene rings is 1. The van der Waals surface area contributed by atoms with Crippen LogP contribution >= 0.6 is 0 Å². The molecule has 0 radical (unpaired) electrons. The van der Waals surface area contributed by atoms with Gasteiger partial charge in [-0.1, -0.05) is 12.8 Å². The molecule has 2 aliphatic heterocycles. The molecule has 110 valence electrons. The van der Waals surface area contributed by atoms with Gasteiger partial charge in [0.2, 0.25) is 5.91 Å². The highest BCUT2D eigenvalue weighted by molar-refractivity contribution is 5.99. The minimum absolute atomic E-state index is 0.0544. The molecule has 2 aliphatic rings. The number of rotatable bonds is 2. The van der Waals surface area contributed by atoms with E-state index in [9.17, 15) is 4.79 Å². The Balaban J connectivity index is 1.71. The van der Waals surface area contributed by atoms with Crippen molar-refractivity contribution < 1.29 is 4.79 Å². The monoisotopic (exact) mass is 283 g/mol. The molecule has 3 rings (SSSR count). The fourth-order valence-corrected chi connectivity index (χ4v) is 3.38. The summed E-state index contributed by atoms with van der Waals surface area (Å²) in [4.78, 5) is 16.9. The summed E-state index contributed by atoms with van der Waals surface area (Å²) in [5, 5.41) is 8.85. The maximum atomic E-state index is 12.7. The molecule has 0 bridgehead atoms. The van der Waals surface area contributed by atoms with Crippen molar-refractivity contribution in [2.45, 2.75) is 38.1 Å². The lowest BCUT2D eigenvalue weighted by atomic mass is 10.2. The normalized spacial score (nSPS) is 23.9. The van der Waals surface area contributed by atoms with E-state index in [4.69, 9.17) is 5.26 Å². The Bertz CT molecular complexity index is 538. The summed E-state index contributed by atoms with van der Waals surface area (Å²) in [5.74, 6) is 0.224. The molecule has 1 unspecified atom stereocenters. The SMILES string of the molecule is N#Cc1ccc(N2CCC(N3CCCCCC3)C2=O)cc1. The molecule has 2 heterocycles. The first-order chi connectivity index (χ1) is 10.3. The van der Waals surface area contributed by atoms with Crippen molar-refractivity contribution in [3.05, 3.63) is 29.8 Å². The predicted octanol–water partition coefficient (Wildman–Crippen LogP) is 2.54. The molecule has 0 aliphatic carbocycles. The van der Waals surface area contributed by atoms with Gasteiger partial charge >= 0.3 is 0 Å². The molecule has 2 saturated heterocycles. The van der Waals surface area contributed by atoms with Crippen LogP contribution in [0.2, 0.25) is 0 Å². The van der Waals surface area contributed by atoms with E-state index < -0.39 is 0 Å². The van der Waals surface area contributed by atoms with Gasteiger partial charge in [-0.05, 0) is 56.6 Å². The van der Waals surface area contributed by atoms with E-state index in [1.54, 1.807) is 12.1 Å². The van der Waals surface area contributed by atoms with Gasteiger partial charge in [0.25, 0.3) is 0 Å². The summed E-state index contributed by atoms with van der Waals surface area (Å²) >= 11 is 0. The number of carbonyl (C=O) groups is 1. The fraction of sp³-hybridized carbons (Fsp3) is 0.529. The van der Waals surface area contributed by atoms with E-state index in [0.29, 0.717) is 5.56 Å². The van der Waals surface area contributed by atoms with E-state index in [1.165, 1.54) is 25.7 Å². The second-order valence-electron chi connectivity index (χ2n) is 5.90. The summed E-state index contributed by atoms with van der Waals surface area (Å²) in [5.41, 5.74) is 1.55. The quantitative estimate of drug-likeness (QED) is 0.838. The largest absolute Gasteiger partial charge is 0.311 e. The second kappa shape index (κ2) is 6.28. The van der Waals surface area contributed by atoms with Gasteiger partial charge in [0, 0.05) is 12.2 Å². The first-order valence-electron chi connectivity index (χ1n) is 7.85. The molecule has 0 aromatic heterocycles. The predicted molar refractivity (Wildman–Crippen MR) is 82.0 cm³/mol. The van der Waals surface area contributed by atoms with E-state index in [1.807, 2.05) is 17.0 Å². The van der Waals surface area contributed by atoms with Crippen LogP contribution in [0.5, 0.6) is 0 Å². The number of nitriles is 1. The first-order valence-corrected chi connectivity index (χ1v) is 7.85. The van der Waals surface area contributed by atoms with E-state index in [-0.39, 0.29) is 11.9 Å². The van der Waals surface area contributed by atoms with Crippen LogP contribution in [0.4, 0.5) is 5.69 Å². The van der Waals surface area contributed by atoms with E-state index in [2.05, 4.69) is 11.0 Å². The fourth-order valence-electron chi connectivity index (χ4n) is 3.38. The van der Waals surface area contributed by atoms with Crippen LogP contribution in [0.15, 0.2) is 24.3 Å². The number of likely N-dealkylation sites (tertiary alicyclic amines) is 1. The van der Waals surface area contributed by atoms with Crippen LogP contribution in [-0.2, 0) is 4.79 Å². The number of anilines is 1. The zero-order chi connectivity index (χ0) is 14.7. The third-order valence-corrected chi connectivity index (χ3v) is 4.57. The van der Waals surface area contributed by atoms with Crippen molar-refractivity contribution in [1.29, 1.82) is 5.26 Å². The molecule has 21 heavy (non-hydrogen) atoms. The lowest BCUT2D eigenvalue weighted by Gasteiger charge is -2.26. The zero-order valence-electron chi connectivity index (χ0n) is 12.3. The Kier molecular flexibility index (Phi) is 4.21. The van der Waals surface area contributed by atoms with Crippen LogP contribution < -0.4 is 4.90 Å². The summed E-state index contributed by atoms with van der Waals surface area (Å²) in [7, 11) is 0. The van der Waals surface area contributed by atoms with Crippen molar-refractivity contribution in [3.63, 3.8) is 0 Å². The van der Waals surface area contributed by atoms with Crippen LogP contribution in [0.1, 0.15) is 37.7 Å². The maximum Gasteiger partial charge on any atom is 0.244 e. The molecule has 1 atom stereocenters. The summed E-state index contributed by atoms with van der Waals surface area (Å²) < 4.78 is 0. The topological polar surface area (TPSA) is 47.3 Å². The molecule has 0 saturated carbocycles. The summed E-state index contributed by atoms with van der Waals surface area (Å²) in [6.45, 7) is 2.89. The van der Waals surface area contributed by atoms with Gasteiger partial charge in [0.1, 0.15) is 0 Å². The highest BCUT2D eigenvalue weighted by Crippen LogP contribution is 2.26. The number of nitrogens with zero attached hydrogens (tertiary/aromatic N) is 3.